The molecule has 13 heavy (non-hydrogen) atoms. The second kappa shape index (κ2) is 3.43. The second-order valence-electron chi connectivity index (χ2n) is 2.93. The van der Waals surface area contributed by atoms with Crippen LogP contribution in [0, 0.1) is 0 Å². The number of hydrogen-bond acceptors (Lipinski definition) is 4. The SMILES string of the molecule is O=C(O)c1scnc1C1CCOC1. The van der Waals surface area contributed by atoms with Crippen molar-refractivity contribution in [2.45, 2.75) is 12.3 Å². The van der Waals surface area contributed by atoms with Gasteiger partial charge in [-0.1, -0.05) is 0 Å². The molecule has 1 atom stereocenters. The maximum atomic E-state index is 10.8. The first-order valence-corrected chi connectivity index (χ1v) is 4.91. The van der Waals surface area contributed by atoms with Crippen LogP contribution in [-0.4, -0.2) is 29.3 Å². The van der Waals surface area contributed by atoms with E-state index in [1.807, 2.05) is 0 Å². The minimum atomic E-state index is -0.885. The Kier molecular flexibility index (Phi) is 2.28. The highest BCUT2D eigenvalue weighted by Crippen LogP contribution is 2.28. The Morgan fingerprint density at radius 2 is 2.62 bits per heavy atom. The predicted molar refractivity (Wildman–Crippen MR) is 47.3 cm³/mol. The van der Waals surface area contributed by atoms with Gasteiger partial charge in [-0.15, -0.1) is 11.3 Å². The average Bonchev–Trinajstić information content (AvgIpc) is 2.74. The monoisotopic (exact) mass is 199 g/mol. The molecule has 5 heteroatoms. The molecule has 1 aliphatic rings. The van der Waals surface area contributed by atoms with Crippen LogP contribution in [0.25, 0.3) is 0 Å². The Labute approximate surface area is 79.2 Å². The summed E-state index contributed by atoms with van der Waals surface area (Å²) in [5.41, 5.74) is 2.27. The van der Waals surface area contributed by atoms with Gasteiger partial charge in [-0.3, -0.25) is 0 Å². The van der Waals surface area contributed by atoms with E-state index < -0.39 is 5.97 Å². The molecule has 1 aliphatic heterocycles. The molecule has 70 valence electrons. The smallest absolute Gasteiger partial charge is 0.347 e. The number of nitrogens with zero attached hydrogens (tertiary/aromatic N) is 1. The van der Waals surface area contributed by atoms with Crippen molar-refractivity contribution in [3.05, 3.63) is 16.1 Å². The molecule has 0 spiro atoms. The lowest BCUT2D eigenvalue weighted by Gasteiger charge is -2.03. The van der Waals surface area contributed by atoms with Crippen LogP contribution in [0.15, 0.2) is 5.51 Å². The molecular weight excluding hydrogens is 190 g/mol. The van der Waals surface area contributed by atoms with Crippen LogP contribution in [-0.2, 0) is 4.74 Å². The molecule has 0 amide bonds. The number of carboxylic acids is 1. The van der Waals surface area contributed by atoms with Crippen molar-refractivity contribution in [3.63, 3.8) is 0 Å². The summed E-state index contributed by atoms with van der Waals surface area (Å²) in [6.07, 6.45) is 0.879. The normalized spacial score (nSPS) is 22.0. The van der Waals surface area contributed by atoms with Gasteiger partial charge < -0.3 is 9.84 Å². The zero-order valence-electron chi connectivity index (χ0n) is 6.90. The highest BCUT2D eigenvalue weighted by molar-refractivity contribution is 7.11. The van der Waals surface area contributed by atoms with E-state index in [9.17, 15) is 4.79 Å². The molecule has 1 unspecified atom stereocenters. The lowest BCUT2D eigenvalue weighted by molar-refractivity contribution is 0.0700. The first-order chi connectivity index (χ1) is 6.29. The topological polar surface area (TPSA) is 59.4 Å². The fourth-order valence-corrected chi connectivity index (χ4v) is 2.17. The maximum absolute atomic E-state index is 10.8. The molecule has 1 aromatic rings. The fraction of sp³-hybridized carbons (Fsp3) is 0.500. The number of hydrogen-bond donors (Lipinski definition) is 1. The quantitative estimate of drug-likeness (QED) is 0.781. The number of aromatic nitrogens is 1. The number of carboxylic acid groups (broad SMARTS) is 1. The van der Waals surface area contributed by atoms with Crippen molar-refractivity contribution in [2.75, 3.05) is 13.2 Å². The summed E-state index contributed by atoms with van der Waals surface area (Å²) in [6.45, 7) is 1.31. The molecule has 1 fully saturated rings. The van der Waals surface area contributed by atoms with Crippen LogP contribution in [0.2, 0.25) is 0 Å². The third-order valence-corrected chi connectivity index (χ3v) is 2.94. The molecule has 1 N–H and O–H groups in total. The summed E-state index contributed by atoms with van der Waals surface area (Å²) in [5, 5.41) is 8.84. The summed E-state index contributed by atoms with van der Waals surface area (Å²) in [5.74, 6) is -0.707. The van der Waals surface area contributed by atoms with Crippen LogP contribution in [0.5, 0.6) is 0 Å². The summed E-state index contributed by atoms with van der Waals surface area (Å²) >= 11 is 1.18. The standard InChI is InChI=1S/C8H9NO3S/c10-8(11)7-6(9-4-13-7)5-1-2-12-3-5/h4-5H,1-3H2,(H,10,11). The Hall–Kier alpha value is -0.940. The van der Waals surface area contributed by atoms with Gasteiger partial charge in [0, 0.05) is 12.5 Å². The second-order valence-corrected chi connectivity index (χ2v) is 3.79. The zero-order valence-corrected chi connectivity index (χ0v) is 7.71. The lowest BCUT2D eigenvalue weighted by atomic mass is 10.0. The van der Waals surface area contributed by atoms with Gasteiger partial charge in [-0.05, 0) is 6.42 Å². The predicted octanol–water partition coefficient (Wildman–Crippen LogP) is 1.35. The van der Waals surface area contributed by atoms with Crippen molar-refractivity contribution in [1.29, 1.82) is 0 Å². The molecule has 1 aromatic heterocycles. The molecule has 0 saturated carbocycles. The lowest BCUT2D eigenvalue weighted by Crippen LogP contribution is -2.05. The molecule has 0 aliphatic carbocycles. The first kappa shape index (κ1) is 8.65. The van der Waals surface area contributed by atoms with E-state index in [2.05, 4.69) is 4.98 Å². The number of carbonyl (C=O) groups is 1. The van der Waals surface area contributed by atoms with Crippen molar-refractivity contribution in [2.24, 2.45) is 0 Å². The van der Waals surface area contributed by atoms with Crippen molar-refractivity contribution < 1.29 is 14.6 Å². The first-order valence-electron chi connectivity index (χ1n) is 4.03. The van der Waals surface area contributed by atoms with Gasteiger partial charge in [0.15, 0.2) is 0 Å². The summed E-state index contributed by atoms with van der Waals surface area (Å²) in [4.78, 5) is 15.2. The van der Waals surface area contributed by atoms with Gasteiger partial charge >= 0.3 is 5.97 Å². The van der Waals surface area contributed by atoms with Crippen molar-refractivity contribution >= 4 is 17.3 Å². The van der Waals surface area contributed by atoms with Crippen LogP contribution < -0.4 is 0 Å². The largest absolute Gasteiger partial charge is 0.477 e. The Bertz CT molecular complexity index is 317. The third kappa shape index (κ3) is 1.57. The Morgan fingerprint density at radius 3 is 3.23 bits per heavy atom. The van der Waals surface area contributed by atoms with Gasteiger partial charge in [0.25, 0.3) is 0 Å². The molecular formula is C8H9NO3S. The molecule has 2 rings (SSSR count). The molecule has 4 nitrogen and oxygen atoms in total. The zero-order chi connectivity index (χ0) is 9.26. The number of rotatable bonds is 2. The maximum Gasteiger partial charge on any atom is 0.347 e. The van der Waals surface area contributed by atoms with E-state index in [0.717, 1.165) is 6.42 Å². The van der Waals surface area contributed by atoms with Gasteiger partial charge in [-0.25, -0.2) is 9.78 Å². The van der Waals surface area contributed by atoms with E-state index in [-0.39, 0.29) is 5.92 Å². The molecule has 0 bridgehead atoms. The van der Waals surface area contributed by atoms with Gasteiger partial charge in [0.1, 0.15) is 4.88 Å². The van der Waals surface area contributed by atoms with Crippen LogP contribution in [0.1, 0.15) is 27.7 Å². The van der Waals surface area contributed by atoms with E-state index >= 15 is 0 Å². The van der Waals surface area contributed by atoms with Gasteiger partial charge in [0.05, 0.1) is 17.8 Å². The molecule has 1 saturated heterocycles. The molecule has 0 aromatic carbocycles. The highest BCUT2D eigenvalue weighted by atomic mass is 32.1. The number of ether oxygens (including phenoxy) is 1. The highest BCUT2D eigenvalue weighted by Gasteiger charge is 2.25. The van der Waals surface area contributed by atoms with Crippen molar-refractivity contribution in [3.8, 4) is 0 Å². The minimum Gasteiger partial charge on any atom is -0.477 e. The third-order valence-electron chi connectivity index (χ3n) is 2.11. The van der Waals surface area contributed by atoms with Gasteiger partial charge in [0.2, 0.25) is 0 Å². The average molecular weight is 199 g/mol. The fourth-order valence-electron chi connectivity index (χ4n) is 1.46. The van der Waals surface area contributed by atoms with Crippen LogP contribution in [0.4, 0.5) is 0 Å². The summed E-state index contributed by atoms with van der Waals surface area (Å²) < 4.78 is 5.19. The Morgan fingerprint density at radius 1 is 1.77 bits per heavy atom. The number of aromatic carboxylic acids is 1. The Balaban J connectivity index is 2.28. The van der Waals surface area contributed by atoms with Crippen LogP contribution in [0.3, 0.4) is 0 Å². The summed E-state index contributed by atoms with van der Waals surface area (Å²) in [6, 6.07) is 0. The van der Waals surface area contributed by atoms with Crippen molar-refractivity contribution in [1.82, 2.24) is 4.98 Å². The van der Waals surface area contributed by atoms with E-state index in [0.29, 0.717) is 23.8 Å². The van der Waals surface area contributed by atoms with Gasteiger partial charge in [-0.2, -0.15) is 0 Å². The number of thiazole rings is 1. The minimum absolute atomic E-state index is 0.178. The summed E-state index contributed by atoms with van der Waals surface area (Å²) in [7, 11) is 0. The molecule has 0 radical (unpaired) electrons. The van der Waals surface area contributed by atoms with E-state index in [1.165, 1.54) is 11.3 Å². The molecule has 2 heterocycles. The van der Waals surface area contributed by atoms with E-state index in [1.54, 1.807) is 5.51 Å². The van der Waals surface area contributed by atoms with E-state index in [4.69, 9.17) is 9.84 Å². The van der Waals surface area contributed by atoms with Crippen LogP contribution >= 0.6 is 11.3 Å².